The molecule has 1 aromatic carbocycles. The predicted octanol–water partition coefficient (Wildman–Crippen LogP) is 4.76. The van der Waals surface area contributed by atoms with Gasteiger partial charge in [0.2, 0.25) is 5.91 Å². The van der Waals surface area contributed by atoms with E-state index in [1.807, 2.05) is 6.92 Å². The molecule has 0 heterocycles. The second-order valence-corrected chi connectivity index (χ2v) is 6.89. The molecule has 6 heteroatoms. The zero-order chi connectivity index (χ0) is 16.9. The van der Waals surface area contributed by atoms with Crippen LogP contribution in [0.3, 0.4) is 0 Å². The summed E-state index contributed by atoms with van der Waals surface area (Å²) in [5, 5.41) is 3.23. The smallest absolute Gasteiger partial charge is 0.229 e. The molecule has 0 spiro atoms. The zero-order valence-corrected chi connectivity index (χ0v) is 14.8. The first kappa shape index (κ1) is 18.8. The molecule has 1 aromatic rings. The minimum absolute atomic E-state index is 0.0950. The minimum atomic E-state index is -0.619. The summed E-state index contributed by atoms with van der Waals surface area (Å²) in [4.78, 5) is 12.0. The van der Waals surface area contributed by atoms with E-state index in [2.05, 4.69) is 5.32 Å². The van der Waals surface area contributed by atoms with Crippen molar-refractivity contribution in [3.63, 3.8) is 0 Å². The number of amides is 1. The third-order valence-corrected chi connectivity index (χ3v) is 3.48. The molecule has 122 valence electrons. The van der Waals surface area contributed by atoms with Crippen molar-refractivity contribution in [1.82, 2.24) is 0 Å². The number of hydrogen-bond donors (Lipinski definition) is 1. The fraction of sp³-hybridized carbons (Fsp3) is 0.500. The van der Waals surface area contributed by atoms with Gasteiger partial charge in [0.15, 0.2) is 5.05 Å². The van der Waals surface area contributed by atoms with Crippen molar-refractivity contribution in [1.29, 1.82) is 0 Å². The van der Waals surface area contributed by atoms with Gasteiger partial charge in [0.25, 0.3) is 0 Å². The lowest BCUT2D eigenvalue weighted by Gasteiger charge is -2.19. The van der Waals surface area contributed by atoms with Gasteiger partial charge in [0, 0.05) is 16.9 Å². The predicted molar refractivity (Wildman–Crippen MR) is 92.0 cm³/mol. The number of rotatable bonds is 5. The maximum atomic E-state index is 14.0. The molecule has 0 aliphatic rings. The lowest BCUT2D eigenvalue weighted by molar-refractivity contribution is -0.123. The Morgan fingerprint density at radius 1 is 1.41 bits per heavy atom. The number of thiocarbonyl (C=S) groups is 1. The summed E-state index contributed by atoms with van der Waals surface area (Å²) in [7, 11) is 0. The summed E-state index contributed by atoms with van der Waals surface area (Å²) < 4.78 is 19.3. The first-order valence-corrected chi connectivity index (χ1v) is 7.88. The Morgan fingerprint density at radius 3 is 2.59 bits per heavy atom. The van der Waals surface area contributed by atoms with Crippen LogP contribution in [0.4, 0.5) is 10.1 Å². The van der Waals surface area contributed by atoms with Crippen LogP contribution < -0.4 is 5.32 Å². The Labute approximate surface area is 141 Å². The minimum Gasteiger partial charge on any atom is -0.487 e. The second-order valence-electron chi connectivity index (χ2n) is 6.02. The molecule has 0 bridgehead atoms. The third-order valence-electron chi connectivity index (χ3n) is 2.87. The molecule has 1 amide bonds. The molecule has 1 rings (SSSR count). The quantitative estimate of drug-likeness (QED) is 0.782. The second kappa shape index (κ2) is 7.88. The molecule has 0 aliphatic carbocycles. The van der Waals surface area contributed by atoms with Crippen LogP contribution in [0.15, 0.2) is 12.1 Å². The number of carbonyl (C=O) groups excluding carboxylic acids is 1. The van der Waals surface area contributed by atoms with Crippen LogP contribution in [0.5, 0.6) is 0 Å². The highest BCUT2D eigenvalue weighted by atomic mass is 35.5. The average molecular weight is 346 g/mol. The van der Waals surface area contributed by atoms with Gasteiger partial charge >= 0.3 is 0 Å². The van der Waals surface area contributed by atoms with Crippen molar-refractivity contribution in [2.24, 2.45) is 5.41 Å². The average Bonchev–Trinajstić information content (AvgIpc) is 2.40. The number of hydrogen-bond acceptors (Lipinski definition) is 3. The number of ether oxygens (including phenoxy) is 1. The van der Waals surface area contributed by atoms with Crippen LogP contribution in [0.2, 0.25) is 5.02 Å². The van der Waals surface area contributed by atoms with Gasteiger partial charge < -0.3 is 10.1 Å². The molecule has 0 unspecified atom stereocenters. The van der Waals surface area contributed by atoms with Crippen LogP contribution >= 0.6 is 23.8 Å². The fourth-order valence-electron chi connectivity index (χ4n) is 1.56. The highest BCUT2D eigenvalue weighted by molar-refractivity contribution is 7.80. The molecular formula is C16H21ClFNO2S. The molecule has 0 fully saturated rings. The van der Waals surface area contributed by atoms with Crippen LogP contribution in [0, 0.1) is 11.2 Å². The van der Waals surface area contributed by atoms with Crippen LogP contribution in [0.25, 0.3) is 0 Å². The Kier molecular flexibility index (Phi) is 6.75. The summed E-state index contributed by atoms with van der Waals surface area (Å²) in [5.74, 6) is -0.851. The van der Waals surface area contributed by atoms with Crippen molar-refractivity contribution < 1.29 is 13.9 Å². The van der Waals surface area contributed by atoms with Gasteiger partial charge in [-0.05, 0) is 36.3 Å². The molecule has 0 aromatic heterocycles. The van der Waals surface area contributed by atoms with Gasteiger partial charge in [-0.1, -0.05) is 39.3 Å². The lowest BCUT2D eigenvalue weighted by atomic mass is 9.95. The number of anilines is 1. The summed E-state index contributed by atoms with van der Waals surface area (Å²) in [6, 6.07) is 2.68. The van der Waals surface area contributed by atoms with Gasteiger partial charge in [-0.15, -0.1) is 0 Å². The van der Waals surface area contributed by atoms with Crippen molar-refractivity contribution >= 4 is 40.5 Å². The van der Waals surface area contributed by atoms with E-state index in [0.717, 1.165) is 6.42 Å². The van der Waals surface area contributed by atoms with Crippen LogP contribution in [-0.2, 0) is 16.0 Å². The van der Waals surface area contributed by atoms with E-state index in [-0.39, 0.29) is 16.6 Å². The van der Waals surface area contributed by atoms with Crippen molar-refractivity contribution in [3.05, 3.63) is 28.5 Å². The topological polar surface area (TPSA) is 38.3 Å². The molecule has 0 atom stereocenters. The molecule has 1 N–H and O–H groups in total. The summed E-state index contributed by atoms with van der Waals surface area (Å²) in [6.07, 6.45) is 1.15. The highest BCUT2D eigenvalue weighted by Crippen LogP contribution is 2.27. The molecule has 0 radical (unpaired) electrons. The zero-order valence-electron chi connectivity index (χ0n) is 13.3. The van der Waals surface area contributed by atoms with E-state index in [4.69, 9.17) is 28.6 Å². The lowest BCUT2D eigenvalue weighted by Crippen LogP contribution is -2.28. The van der Waals surface area contributed by atoms with E-state index in [1.165, 1.54) is 12.1 Å². The van der Waals surface area contributed by atoms with Gasteiger partial charge in [-0.3, -0.25) is 4.79 Å². The fourth-order valence-corrected chi connectivity index (χ4v) is 2.01. The summed E-state index contributed by atoms with van der Waals surface area (Å²) >= 11 is 11.2. The molecule has 3 nitrogen and oxygen atoms in total. The normalized spacial score (nSPS) is 11.2. The van der Waals surface area contributed by atoms with E-state index >= 15 is 0 Å². The monoisotopic (exact) mass is 345 g/mol. The Bertz CT molecular complexity index is 570. The van der Waals surface area contributed by atoms with E-state index in [9.17, 15) is 9.18 Å². The van der Waals surface area contributed by atoms with Gasteiger partial charge in [0.05, 0.1) is 12.3 Å². The number of carbonyl (C=O) groups is 1. The number of halogens is 2. The Morgan fingerprint density at radius 2 is 2.05 bits per heavy atom. The highest BCUT2D eigenvalue weighted by Gasteiger charge is 2.23. The van der Waals surface area contributed by atoms with E-state index in [0.29, 0.717) is 23.6 Å². The Balaban J connectivity index is 2.94. The van der Waals surface area contributed by atoms with Crippen molar-refractivity contribution in [3.8, 4) is 0 Å². The van der Waals surface area contributed by atoms with Crippen LogP contribution in [0.1, 0.15) is 39.7 Å². The van der Waals surface area contributed by atoms with Crippen molar-refractivity contribution in [2.75, 3.05) is 11.9 Å². The van der Waals surface area contributed by atoms with E-state index in [1.54, 1.807) is 20.8 Å². The largest absolute Gasteiger partial charge is 0.487 e. The van der Waals surface area contributed by atoms with Gasteiger partial charge in [-0.2, -0.15) is 0 Å². The first-order valence-electron chi connectivity index (χ1n) is 7.10. The van der Waals surface area contributed by atoms with Gasteiger partial charge in [0.1, 0.15) is 5.82 Å². The number of nitrogens with one attached hydrogen (secondary N) is 1. The summed E-state index contributed by atoms with van der Waals surface area (Å²) in [5.41, 5.74) is 0.0946. The van der Waals surface area contributed by atoms with E-state index < -0.39 is 11.2 Å². The molecule has 0 saturated heterocycles. The maximum absolute atomic E-state index is 14.0. The number of benzene rings is 1. The molecule has 0 saturated carbocycles. The van der Waals surface area contributed by atoms with Gasteiger partial charge in [-0.25, -0.2) is 4.39 Å². The maximum Gasteiger partial charge on any atom is 0.229 e. The first-order chi connectivity index (χ1) is 10.1. The van der Waals surface area contributed by atoms with Crippen LogP contribution in [-0.4, -0.2) is 17.6 Å². The summed E-state index contributed by atoms with van der Waals surface area (Å²) in [6.45, 7) is 7.78. The van der Waals surface area contributed by atoms with Crippen molar-refractivity contribution in [2.45, 2.75) is 40.5 Å². The SMILES string of the molecule is CCCOC(=S)Cc1cc(NC(=O)C(C)(C)C)c(F)cc1Cl. The standard InChI is InChI=1S/C16H21ClFNO2S/c1-5-6-21-14(22)8-10-7-13(12(18)9-11(10)17)19-15(20)16(2,3)4/h7,9H,5-6,8H2,1-4H3,(H,19,20). The molecular weight excluding hydrogens is 325 g/mol. The third kappa shape index (κ3) is 5.54. The molecule has 0 aliphatic heterocycles. The Hall–Kier alpha value is -1.20. The molecule has 22 heavy (non-hydrogen) atoms.